The van der Waals surface area contributed by atoms with E-state index in [1.165, 1.54) is 60.7 Å². The summed E-state index contributed by atoms with van der Waals surface area (Å²) in [7, 11) is -7.80. The summed E-state index contributed by atoms with van der Waals surface area (Å²) < 4.78 is 54.2. The van der Waals surface area contributed by atoms with Crippen molar-refractivity contribution >= 4 is 43.1 Å². The highest BCUT2D eigenvalue weighted by Gasteiger charge is 2.35. The summed E-state index contributed by atoms with van der Waals surface area (Å²) in [4.78, 5) is 29.7. The third-order valence-electron chi connectivity index (χ3n) is 6.25. The Morgan fingerprint density at radius 1 is 0.865 bits per heavy atom. The average Bonchev–Trinajstić information content (AvgIpc) is 3.16. The van der Waals surface area contributed by atoms with Gasteiger partial charge in [-0.15, -0.1) is 0 Å². The number of ketones is 1. The number of benzene rings is 3. The minimum atomic E-state index is -3.98. The fourth-order valence-corrected chi connectivity index (χ4v) is 7.08. The van der Waals surface area contributed by atoms with Crippen LogP contribution in [-0.2, 0) is 19.9 Å². The number of amides is 1. The highest BCUT2D eigenvalue weighted by atomic mass is 32.2. The number of hydrogen-bond donors (Lipinski definition) is 2. The first-order chi connectivity index (χ1) is 17.7. The zero-order valence-electron chi connectivity index (χ0n) is 19.6. The van der Waals surface area contributed by atoms with Crippen molar-refractivity contribution in [3.8, 4) is 0 Å². The van der Waals surface area contributed by atoms with Gasteiger partial charge in [-0.05, 0) is 67.4 Å². The van der Waals surface area contributed by atoms with Crippen molar-refractivity contribution in [2.24, 2.45) is 4.99 Å². The van der Waals surface area contributed by atoms with Crippen LogP contribution in [0.3, 0.4) is 0 Å². The summed E-state index contributed by atoms with van der Waals surface area (Å²) >= 11 is 0. The molecule has 5 rings (SSSR count). The van der Waals surface area contributed by atoms with Crippen LogP contribution in [0.1, 0.15) is 52.0 Å². The van der Waals surface area contributed by atoms with Crippen LogP contribution in [0.2, 0.25) is 0 Å². The second-order valence-corrected chi connectivity index (χ2v) is 12.3. The second-order valence-electron chi connectivity index (χ2n) is 8.76. The summed E-state index contributed by atoms with van der Waals surface area (Å²) in [6.45, 7) is 0.591. The molecule has 0 radical (unpaired) electrons. The molecule has 0 aliphatic carbocycles. The molecular weight excluding hydrogens is 514 g/mol. The van der Waals surface area contributed by atoms with Crippen LogP contribution in [0.15, 0.2) is 86.4 Å². The highest BCUT2D eigenvalue weighted by molar-refractivity contribution is 7.91. The number of amidine groups is 1. The Balaban J connectivity index is 1.35. The summed E-state index contributed by atoms with van der Waals surface area (Å²) in [5.74, 6) is -0.586. The number of rotatable bonds is 4. The predicted molar refractivity (Wildman–Crippen MR) is 137 cm³/mol. The van der Waals surface area contributed by atoms with Crippen molar-refractivity contribution in [3.63, 3.8) is 0 Å². The second kappa shape index (κ2) is 9.56. The normalized spacial score (nSPS) is 16.5. The minimum absolute atomic E-state index is 0.00980. The maximum atomic E-state index is 13.1. The Hall–Kier alpha value is -3.83. The van der Waals surface area contributed by atoms with E-state index in [0.717, 1.165) is 19.3 Å². The van der Waals surface area contributed by atoms with E-state index in [2.05, 4.69) is 15.0 Å². The zero-order valence-corrected chi connectivity index (χ0v) is 21.2. The van der Waals surface area contributed by atoms with Crippen LogP contribution in [0.4, 0.5) is 5.69 Å². The molecule has 9 nitrogen and oxygen atoms in total. The lowest BCUT2D eigenvalue weighted by molar-refractivity contribution is 0.101. The Bertz CT molecular complexity index is 1660. The van der Waals surface area contributed by atoms with Gasteiger partial charge in [-0.3, -0.25) is 19.3 Å². The van der Waals surface area contributed by atoms with Crippen molar-refractivity contribution < 1.29 is 26.4 Å². The molecule has 190 valence electrons. The topological polar surface area (TPSA) is 139 Å². The summed E-state index contributed by atoms with van der Waals surface area (Å²) in [5.41, 5.74) is 0.468. The number of carbonyl (C=O) groups excluding carboxylic acids is 2. The molecule has 11 heteroatoms. The number of sulfonamides is 1. The minimum Gasteiger partial charge on any atom is -0.322 e. The van der Waals surface area contributed by atoms with Crippen LogP contribution < -0.4 is 10.0 Å². The lowest BCUT2D eigenvalue weighted by atomic mass is 10.0. The smallest absolute Gasteiger partial charge is 0.262 e. The van der Waals surface area contributed by atoms with Gasteiger partial charge in [0.15, 0.2) is 5.78 Å². The van der Waals surface area contributed by atoms with E-state index in [9.17, 15) is 26.4 Å². The van der Waals surface area contributed by atoms with Crippen LogP contribution in [0, 0.1) is 0 Å². The largest absolute Gasteiger partial charge is 0.322 e. The fraction of sp³-hybridized carbons (Fsp3) is 0.192. The first-order valence-corrected chi connectivity index (χ1v) is 14.6. The lowest BCUT2D eigenvalue weighted by Gasteiger charge is -2.19. The van der Waals surface area contributed by atoms with E-state index >= 15 is 0 Å². The molecule has 2 N–H and O–H groups in total. The highest BCUT2D eigenvalue weighted by Crippen LogP contribution is 2.34. The third-order valence-corrected chi connectivity index (χ3v) is 9.50. The number of carbonyl (C=O) groups is 2. The monoisotopic (exact) mass is 537 g/mol. The molecule has 2 heterocycles. The number of nitrogens with zero attached hydrogens (tertiary/aromatic N) is 1. The number of aliphatic imine (C=N–C) groups is 1. The molecule has 3 aromatic carbocycles. The Morgan fingerprint density at radius 2 is 1.59 bits per heavy atom. The number of nitrogens with one attached hydrogen (secondary N) is 2. The fourth-order valence-electron chi connectivity index (χ4n) is 4.32. The molecule has 3 aromatic rings. The van der Waals surface area contributed by atoms with Crippen molar-refractivity contribution in [1.82, 2.24) is 4.72 Å². The van der Waals surface area contributed by atoms with Crippen LogP contribution >= 0.6 is 0 Å². The molecule has 2 aliphatic rings. The quantitative estimate of drug-likeness (QED) is 0.408. The molecule has 0 bridgehead atoms. The average molecular weight is 538 g/mol. The zero-order chi connectivity index (χ0) is 26.2. The van der Waals surface area contributed by atoms with Gasteiger partial charge in [-0.25, -0.2) is 16.8 Å². The number of fused-ring (bicyclic) bond motifs is 2. The van der Waals surface area contributed by atoms with Crippen LogP contribution in [0.5, 0.6) is 0 Å². The summed E-state index contributed by atoms with van der Waals surface area (Å²) in [5, 5.41) is 2.63. The first kappa shape index (κ1) is 24.8. The molecule has 0 spiro atoms. The molecule has 2 aliphatic heterocycles. The van der Waals surface area contributed by atoms with Gasteiger partial charge in [-0.1, -0.05) is 18.6 Å². The molecule has 1 amide bonds. The maximum absolute atomic E-state index is 13.1. The van der Waals surface area contributed by atoms with Gasteiger partial charge in [-0.2, -0.15) is 0 Å². The van der Waals surface area contributed by atoms with Gasteiger partial charge >= 0.3 is 0 Å². The summed E-state index contributed by atoms with van der Waals surface area (Å²) in [6.07, 6.45) is 3.38. The van der Waals surface area contributed by atoms with E-state index < -0.39 is 31.6 Å². The van der Waals surface area contributed by atoms with E-state index in [0.29, 0.717) is 24.5 Å². The number of hydrogen-bond acceptors (Lipinski definition) is 7. The molecular formula is C26H23N3O6S2. The molecule has 37 heavy (non-hydrogen) atoms. The van der Waals surface area contributed by atoms with Gasteiger partial charge in [0, 0.05) is 35.3 Å². The molecule has 0 unspecified atom stereocenters. The van der Waals surface area contributed by atoms with E-state index in [-0.39, 0.29) is 31.4 Å². The standard InChI is InChI=1S/C26H23N3O6S2/c30-25-20-6-3-4-7-22(20)36(32,33)23-16-17(9-14-21(23)25)26(31)28-18-10-12-19(13-11-18)37(34,35)29-24-8-2-1-5-15-27-24/h3-4,6-7,9-14,16H,1-2,5,8,15H2,(H,27,29)(H,28,31). The van der Waals surface area contributed by atoms with Gasteiger partial charge in [0.25, 0.3) is 15.9 Å². The third kappa shape index (κ3) is 4.79. The van der Waals surface area contributed by atoms with E-state index in [4.69, 9.17) is 0 Å². The van der Waals surface area contributed by atoms with Crippen LogP contribution in [0.25, 0.3) is 0 Å². The number of sulfone groups is 1. The van der Waals surface area contributed by atoms with Crippen molar-refractivity contribution in [1.29, 1.82) is 0 Å². The molecule has 0 saturated heterocycles. The Morgan fingerprint density at radius 3 is 2.38 bits per heavy atom. The maximum Gasteiger partial charge on any atom is 0.262 e. The Labute approximate surface area is 214 Å². The SMILES string of the molecule is O=C(Nc1ccc(S(=O)(=O)NC2=NCCCCC2)cc1)c1ccc2c(c1)S(=O)(=O)c1ccccc1C2=O. The molecule has 0 fully saturated rings. The van der Waals surface area contributed by atoms with E-state index in [1.807, 2.05) is 0 Å². The summed E-state index contributed by atoms with van der Waals surface area (Å²) in [6, 6.07) is 15.5. The van der Waals surface area contributed by atoms with Crippen molar-refractivity contribution in [2.75, 3.05) is 11.9 Å². The molecule has 0 saturated carbocycles. The van der Waals surface area contributed by atoms with Gasteiger partial charge in [0.2, 0.25) is 9.84 Å². The Kier molecular flexibility index (Phi) is 6.42. The van der Waals surface area contributed by atoms with Gasteiger partial charge in [0.1, 0.15) is 5.84 Å². The van der Waals surface area contributed by atoms with Gasteiger partial charge in [0.05, 0.1) is 14.7 Å². The van der Waals surface area contributed by atoms with E-state index in [1.54, 1.807) is 6.07 Å². The van der Waals surface area contributed by atoms with Gasteiger partial charge < -0.3 is 5.32 Å². The first-order valence-electron chi connectivity index (χ1n) is 11.7. The molecule has 0 atom stereocenters. The van der Waals surface area contributed by atoms with Crippen molar-refractivity contribution in [3.05, 3.63) is 83.4 Å². The van der Waals surface area contributed by atoms with Crippen molar-refractivity contribution in [2.45, 2.75) is 40.4 Å². The predicted octanol–water partition coefficient (Wildman–Crippen LogP) is 3.57. The van der Waals surface area contributed by atoms with Crippen LogP contribution in [-0.4, -0.2) is 40.9 Å². The lowest BCUT2D eigenvalue weighted by Crippen LogP contribution is -2.30. The number of anilines is 1. The molecule has 0 aromatic heterocycles.